The van der Waals surface area contributed by atoms with Crippen LogP contribution in [0.3, 0.4) is 0 Å². The maximum absolute atomic E-state index is 12.1. The predicted molar refractivity (Wildman–Crippen MR) is 61.1 cm³/mol. The number of hydrogen-bond donors (Lipinski definition) is 0. The van der Waals surface area contributed by atoms with Gasteiger partial charge in [0.25, 0.3) is 0 Å². The first-order valence-corrected chi connectivity index (χ1v) is 6.51. The van der Waals surface area contributed by atoms with Gasteiger partial charge in [0, 0.05) is 0 Å². The van der Waals surface area contributed by atoms with E-state index in [0.29, 0.717) is 6.08 Å². The highest BCUT2D eigenvalue weighted by Gasteiger charge is 2.48. The number of carboxylic acid groups (broad SMARTS) is 1. The van der Waals surface area contributed by atoms with E-state index < -0.39 is 32.4 Å². The van der Waals surface area contributed by atoms with Gasteiger partial charge >= 0.3 is 15.6 Å². The van der Waals surface area contributed by atoms with Crippen molar-refractivity contribution in [1.29, 1.82) is 0 Å². The fourth-order valence-corrected chi connectivity index (χ4v) is 1.77. The highest BCUT2D eigenvalue weighted by atomic mass is 35.5. The van der Waals surface area contributed by atoms with Gasteiger partial charge in [-0.2, -0.15) is 21.6 Å². The molecule has 0 aliphatic heterocycles. The van der Waals surface area contributed by atoms with E-state index in [-0.39, 0.29) is 5.56 Å². The molecule has 0 fully saturated rings. The van der Waals surface area contributed by atoms with Crippen molar-refractivity contribution in [2.45, 2.75) is 5.51 Å². The van der Waals surface area contributed by atoms with Gasteiger partial charge in [-0.3, -0.25) is 0 Å². The highest BCUT2D eigenvalue weighted by molar-refractivity contribution is 7.88. The Morgan fingerprint density at radius 3 is 2.40 bits per heavy atom. The van der Waals surface area contributed by atoms with E-state index in [2.05, 4.69) is 4.18 Å². The molecule has 0 unspecified atom stereocenters. The Labute approximate surface area is 116 Å². The predicted octanol–water partition coefficient (Wildman–Crippen LogP) is 1.33. The lowest BCUT2D eigenvalue weighted by Crippen LogP contribution is -2.28. The quantitative estimate of drug-likeness (QED) is 0.473. The SMILES string of the molecule is O=C([O-])C=Cc1ccc(OS(=O)(=O)C(F)(F)F)c(Cl)c1. The molecule has 20 heavy (non-hydrogen) atoms. The molecule has 0 saturated heterocycles. The first-order chi connectivity index (χ1) is 9.03. The molecule has 0 radical (unpaired) electrons. The Balaban J connectivity index is 3.04. The first kappa shape index (κ1) is 16.3. The second kappa shape index (κ2) is 5.71. The zero-order valence-electron chi connectivity index (χ0n) is 9.35. The number of benzene rings is 1. The first-order valence-electron chi connectivity index (χ1n) is 4.72. The summed E-state index contributed by atoms with van der Waals surface area (Å²) in [5.41, 5.74) is -5.37. The van der Waals surface area contributed by atoms with Crippen LogP contribution in [-0.4, -0.2) is 19.9 Å². The standard InChI is InChI=1S/C10H6ClF3O5S/c11-7-5-6(2-4-9(15)16)1-3-8(7)19-20(17,18)10(12,13)14/h1-5H,(H,15,16)/p-1. The van der Waals surface area contributed by atoms with Gasteiger partial charge in [-0.05, 0) is 23.8 Å². The molecule has 0 heterocycles. The summed E-state index contributed by atoms with van der Waals surface area (Å²) in [6.45, 7) is 0. The van der Waals surface area contributed by atoms with Gasteiger partial charge in [-0.25, -0.2) is 0 Å². The van der Waals surface area contributed by atoms with Crippen LogP contribution in [-0.2, 0) is 14.9 Å². The fraction of sp³-hybridized carbons (Fsp3) is 0.100. The molecule has 0 saturated carbocycles. The number of halogens is 4. The summed E-state index contributed by atoms with van der Waals surface area (Å²) in [6, 6.07) is 3.01. The summed E-state index contributed by atoms with van der Waals surface area (Å²) >= 11 is 5.55. The number of rotatable bonds is 4. The molecule has 1 rings (SSSR count). The molecule has 110 valence electrons. The van der Waals surface area contributed by atoms with Crippen molar-refractivity contribution in [3.63, 3.8) is 0 Å². The summed E-state index contributed by atoms with van der Waals surface area (Å²) < 4.78 is 61.7. The fourth-order valence-electron chi connectivity index (χ4n) is 1.02. The second-order valence-electron chi connectivity index (χ2n) is 3.33. The normalized spacial score (nSPS) is 12.6. The van der Waals surface area contributed by atoms with E-state index in [1.54, 1.807) is 0 Å². The Bertz CT molecular complexity index is 651. The van der Waals surface area contributed by atoms with Gasteiger partial charge in [-0.1, -0.05) is 23.7 Å². The van der Waals surface area contributed by atoms with Crippen LogP contribution in [0, 0.1) is 0 Å². The van der Waals surface area contributed by atoms with Gasteiger partial charge in [0.15, 0.2) is 5.75 Å². The minimum atomic E-state index is -5.82. The molecule has 10 heteroatoms. The third-order valence-electron chi connectivity index (χ3n) is 1.85. The molecule has 0 bridgehead atoms. The maximum atomic E-state index is 12.1. The number of hydrogen-bond acceptors (Lipinski definition) is 5. The third kappa shape index (κ3) is 4.14. The molecule has 0 amide bonds. The molecule has 0 N–H and O–H groups in total. The Kier molecular flexibility index (Phi) is 4.66. The van der Waals surface area contributed by atoms with Crippen molar-refractivity contribution in [2.75, 3.05) is 0 Å². The van der Waals surface area contributed by atoms with E-state index in [0.717, 1.165) is 24.3 Å². The van der Waals surface area contributed by atoms with Crippen LogP contribution in [0.15, 0.2) is 24.3 Å². The number of alkyl halides is 3. The van der Waals surface area contributed by atoms with E-state index >= 15 is 0 Å². The zero-order valence-corrected chi connectivity index (χ0v) is 10.9. The number of carbonyl (C=O) groups is 1. The Morgan fingerprint density at radius 1 is 1.35 bits per heavy atom. The van der Waals surface area contributed by atoms with Crippen LogP contribution >= 0.6 is 11.6 Å². The summed E-state index contributed by atoms with van der Waals surface area (Å²) in [4.78, 5) is 10.2. The molecular formula is C10H5ClF3O5S-. The molecule has 0 aliphatic rings. The smallest absolute Gasteiger partial charge is 0.534 e. The average molecular weight is 330 g/mol. The van der Waals surface area contributed by atoms with Crippen LogP contribution < -0.4 is 9.29 Å². The van der Waals surface area contributed by atoms with Crippen LogP contribution in [0.2, 0.25) is 5.02 Å². The second-order valence-corrected chi connectivity index (χ2v) is 5.27. The van der Waals surface area contributed by atoms with Crippen molar-refractivity contribution in [3.05, 3.63) is 34.9 Å². The minimum absolute atomic E-state index is 0.205. The minimum Gasteiger partial charge on any atom is -0.545 e. The molecule has 1 aromatic rings. The Morgan fingerprint density at radius 2 is 1.95 bits per heavy atom. The molecule has 0 spiro atoms. The third-order valence-corrected chi connectivity index (χ3v) is 3.11. The van der Waals surface area contributed by atoms with Gasteiger partial charge in [0.2, 0.25) is 0 Å². The average Bonchev–Trinajstić information content (AvgIpc) is 2.28. The van der Waals surface area contributed by atoms with E-state index in [9.17, 15) is 31.5 Å². The molecule has 5 nitrogen and oxygen atoms in total. The van der Waals surface area contributed by atoms with E-state index in [1.165, 1.54) is 0 Å². The molecule has 0 aliphatic carbocycles. The molecule has 0 atom stereocenters. The van der Waals surface area contributed by atoms with Crippen molar-refractivity contribution in [1.82, 2.24) is 0 Å². The lowest BCUT2D eigenvalue weighted by molar-refractivity contribution is -0.297. The lowest BCUT2D eigenvalue weighted by atomic mass is 10.2. The van der Waals surface area contributed by atoms with Gasteiger partial charge in [0.1, 0.15) is 0 Å². The topological polar surface area (TPSA) is 83.5 Å². The summed E-state index contributed by atoms with van der Waals surface area (Å²) in [6.07, 6.45) is 1.72. The van der Waals surface area contributed by atoms with Crippen LogP contribution in [0.4, 0.5) is 13.2 Å². The Hall–Kier alpha value is -1.74. The molecule has 1 aromatic carbocycles. The van der Waals surface area contributed by atoms with Gasteiger partial charge < -0.3 is 14.1 Å². The zero-order chi connectivity index (χ0) is 15.6. The molecular weight excluding hydrogens is 325 g/mol. The van der Waals surface area contributed by atoms with Crippen LogP contribution in [0.1, 0.15) is 5.56 Å². The van der Waals surface area contributed by atoms with Crippen molar-refractivity contribution < 1.29 is 35.7 Å². The van der Waals surface area contributed by atoms with Crippen molar-refractivity contribution in [3.8, 4) is 5.75 Å². The summed E-state index contributed by atoms with van der Waals surface area (Å²) in [7, 11) is -5.82. The van der Waals surface area contributed by atoms with E-state index in [4.69, 9.17) is 11.6 Å². The van der Waals surface area contributed by atoms with Gasteiger partial charge in [-0.15, -0.1) is 0 Å². The van der Waals surface area contributed by atoms with E-state index in [1.807, 2.05) is 0 Å². The van der Waals surface area contributed by atoms with Crippen LogP contribution in [0.25, 0.3) is 6.08 Å². The van der Waals surface area contributed by atoms with Crippen LogP contribution in [0.5, 0.6) is 5.75 Å². The summed E-state index contributed by atoms with van der Waals surface area (Å²) in [5, 5.41) is 9.73. The van der Waals surface area contributed by atoms with Crippen molar-refractivity contribution in [2.24, 2.45) is 0 Å². The molecule has 0 aromatic heterocycles. The maximum Gasteiger partial charge on any atom is 0.534 e. The lowest BCUT2D eigenvalue weighted by Gasteiger charge is -2.10. The monoisotopic (exact) mass is 329 g/mol. The largest absolute Gasteiger partial charge is 0.545 e. The highest BCUT2D eigenvalue weighted by Crippen LogP contribution is 2.32. The number of aliphatic carboxylic acids is 1. The van der Waals surface area contributed by atoms with Crippen molar-refractivity contribution >= 4 is 33.8 Å². The number of carboxylic acids is 1. The van der Waals surface area contributed by atoms with Gasteiger partial charge in [0.05, 0.1) is 11.0 Å². The number of carbonyl (C=O) groups excluding carboxylic acids is 1. The summed E-state index contributed by atoms with van der Waals surface area (Å²) in [5.74, 6) is -2.21.